The van der Waals surface area contributed by atoms with Crippen LogP contribution >= 0.6 is 0 Å². The number of nitrogens with zero attached hydrogens (tertiary/aromatic N) is 1. The highest BCUT2D eigenvalue weighted by Crippen LogP contribution is 2.21. The lowest BCUT2D eigenvalue weighted by molar-refractivity contribution is 0.0584. The Morgan fingerprint density at radius 1 is 1.32 bits per heavy atom. The van der Waals surface area contributed by atoms with Gasteiger partial charge in [0.15, 0.2) is 9.84 Å². The van der Waals surface area contributed by atoms with Crippen molar-refractivity contribution in [2.45, 2.75) is 44.0 Å². The molecule has 1 aliphatic rings. The third-order valence-electron chi connectivity index (χ3n) is 4.05. The zero-order chi connectivity index (χ0) is 16.3. The lowest BCUT2D eigenvalue weighted by Crippen LogP contribution is -2.51. The van der Waals surface area contributed by atoms with E-state index < -0.39 is 9.84 Å². The Hall–Kier alpha value is -1.40. The minimum atomic E-state index is -3.06. The van der Waals surface area contributed by atoms with Crippen molar-refractivity contribution in [2.75, 3.05) is 12.8 Å². The maximum absolute atomic E-state index is 12.7. The quantitative estimate of drug-likeness (QED) is 0.911. The van der Waals surface area contributed by atoms with Crippen molar-refractivity contribution in [1.82, 2.24) is 4.90 Å². The monoisotopic (exact) mass is 324 g/mol. The molecular weight excluding hydrogens is 300 g/mol. The smallest absolute Gasteiger partial charge is 0.254 e. The standard InChI is InChI=1S/C16H24N2O3S/c1-12(17)15-5-3-4-10-18(15)16(19)14-8-6-13(7-9-14)11-22(2,20)21/h6-9,12,15H,3-5,10-11,17H2,1-2H3. The van der Waals surface area contributed by atoms with Crippen molar-refractivity contribution in [3.63, 3.8) is 0 Å². The predicted octanol–water partition coefficient (Wildman–Crippen LogP) is 1.57. The summed E-state index contributed by atoms with van der Waals surface area (Å²) in [6, 6.07) is 6.86. The number of sulfone groups is 1. The lowest BCUT2D eigenvalue weighted by Gasteiger charge is -2.38. The van der Waals surface area contributed by atoms with Gasteiger partial charge in [0.25, 0.3) is 5.91 Å². The molecule has 1 amide bonds. The van der Waals surface area contributed by atoms with Crippen LogP contribution in [0.25, 0.3) is 0 Å². The Morgan fingerprint density at radius 2 is 1.95 bits per heavy atom. The molecule has 122 valence electrons. The first kappa shape index (κ1) is 17.0. The molecule has 1 aromatic rings. The van der Waals surface area contributed by atoms with E-state index in [4.69, 9.17) is 5.73 Å². The third-order valence-corrected chi connectivity index (χ3v) is 4.90. The molecule has 2 rings (SSSR count). The summed E-state index contributed by atoms with van der Waals surface area (Å²) in [5, 5.41) is 0. The van der Waals surface area contributed by atoms with Crippen molar-refractivity contribution in [3.8, 4) is 0 Å². The largest absolute Gasteiger partial charge is 0.334 e. The van der Waals surface area contributed by atoms with Gasteiger partial charge in [0, 0.05) is 30.4 Å². The molecule has 0 aromatic heterocycles. The minimum absolute atomic E-state index is 0.00631. The van der Waals surface area contributed by atoms with Gasteiger partial charge in [-0.15, -0.1) is 0 Å². The van der Waals surface area contributed by atoms with Crippen LogP contribution in [-0.2, 0) is 15.6 Å². The van der Waals surface area contributed by atoms with E-state index in [1.54, 1.807) is 24.3 Å². The van der Waals surface area contributed by atoms with E-state index in [9.17, 15) is 13.2 Å². The Morgan fingerprint density at radius 3 is 2.50 bits per heavy atom. The molecule has 1 aromatic carbocycles. The molecule has 6 heteroatoms. The molecule has 5 nitrogen and oxygen atoms in total. The van der Waals surface area contributed by atoms with Gasteiger partial charge in [0.1, 0.15) is 0 Å². The van der Waals surface area contributed by atoms with Crippen molar-refractivity contribution in [2.24, 2.45) is 5.73 Å². The summed E-state index contributed by atoms with van der Waals surface area (Å²) in [6.45, 7) is 2.67. The molecule has 2 N–H and O–H groups in total. The summed E-state index contributed by atoms with van der Waals surface area (Å²) in [5.41, 5.74) is 7.29. The molecule has 1 aliphatic heterocycles. The Kier molecular flexibility index (Phi) is 5.24. The Labute approximate surface area is 132 Å². The summed E-state index contributed by atoms with van der Waals surface area (Å²) < 4.78 is 22.6. The number of piperidine rings is 1. The number of nitrogens with two attached hydrogens (primary N) is 1. The number of benzene rings is 1. The first-order chi connectivity index (χ1) is 10.3. The van der Waals surface area contributed by atoms with Crippen LogP contribution in [0.3, 0.4) is 0 Å². The Balaban J connectivity index is 2.15. The van der Waals surface area contributed by atoms with Gasteiger partial charge < -0.3 is 10.6 Å². The van der Waals surface area contributed by atoms with Crippen LogP contribution in [0.1, 0.15) is 42.1 Å². The van der Waals surface area contributed by atoms with Crippen LogP contribution in [0.2, 0.25) is 0 Å². The molecule has 0 aliphatic carbocycles. The number of hydrogen-bond acceptors (Lipinski definition) is 4. The van der Waals surface area contributed by atoms with E-state index in [-0.39, 0.29) is 23.7 Å². The van der Waals surface area contributed by atoms with Gasteiger partial charge in [0.2, 0.25) is 0 Å². The van der Waals surface area contributed by atoms with E-state index in [0.717, 1.165) is 25.8 Å². The SMILES string of the molecule is CC(N)C1CCCCN1C(=O)c1ccc(CS(C)(=O)=O)cc1. The molecule has 2 atom stereocenters. The zero-order valence-corrected chi connectivity index (χ0v) is 14.0. The molecule has 2 unspecified atom stereocenters. The van der Waals surface area contributed by atoms with E-state index in [2.05, 4.69) is 0 Å². The van der Waals surface area contributed by atoms with E-state index in [0.29, 0.717) is 11.1 Å². The van der Waals surface area contributed by atoms with Gasteiger partial charge in [-0.3, -0.25) is 4.79 Å². The highest BCUT2D eigenvalue weighted by molar-refractivity contribution is 7.89. The number of carbonyl (C=O) groups is 1. The summed E-state index contributed by atoms with van der Waals surface area (Å²) >= 11 is 0. The minimum Gasteiger partial charge on any atom is -0.334 e. The molecule has 1 heterocycles. The second kappa shape index (κ2) is 6.79. The summed E-state index contributed by atoms with van der Waals surface area (Å²) in [6.07, 6.45) is 4.24. The number of likely N-dealkylation sites (tertiary alicyclic amines) is 1. The number of hydrogen-bond donors (Lipinski definition) is 1. The molecule has 1 fully saturated rings. The number of amides is 1. The maximum atomic E-state index is 12.7. The first-order valence-electron chi connectivity index (χ1n) is 7.61. The zero-order valence-electron chi connectivity index (χ0n) is 13.2. The van der Waals surface area contributed by atoms with Crippen molar-refractivity contribution < 1.29 is 13.2 Å². The summed E-state index contributed by atoms with van der Waals surface area (Å²) in [4.78, 5) is 14.5. The maximum Gasteiger partial charge on any atom is 0.254 e. The van der Waals surface area contributed by atoms with E-state index in [1.165, 1.54) is 6.26 Å². The summed E-state index contributed by atoms with van der Waals surface area (Å²) in [7, 11) is -3.06. The first-order valence-corrected chi connectivity index (χ1v) is 9.67. The molecule has 22 heavy (non-hydrogen) atoms. The fourth-order valence-corrected chi connectivity index (χ4v) is 3.77. The van der Waals surface area contributed by atoms with Crippen LogP contribution in [0.15, 0.2) is 24.3 Å². The van der Waals surface area contributed by atoms with Crippen LogP contribution < -0.4 is 5.73 Å². The average molecular weight is 324 g/mol. The topological polar surface area (TPSA) is 80.5 Å². The van der Waals surface area contributed by atoms with Crippen molar-refractivity contribution >= 4 is 15.7 Å². The number of carbonyl (C=O) groups excluding carboxylic acids is 1. The van der Waals surface area contributed by atoms with Crippen LogP contribution in [0, 0.1) is 0 Å². The van der Waals surface area contributed by atoms with Crippen molar-refractivity contribution in [1.29, 1.82) is 0 Å². The molecule has 0 saturated carbocycles. The fourth-order valence-electron chi connectivity index (χ4n) is 2.97. The van der Waals surface area contributed by atoms with Crippen molar-refractivity contribution in [3.05, 3.63) is 35.4 Å². The second-order valence-corrected chi connectivity index (χ2v) is 8.33. The Bertz CT molecular complexity index is 623. The van der Waals surface area contributed by atoms with E-state index >= 15 is 0 Å². The van der Waals surface area contributed by atoms with Gasteiger partial charge in [-0.2, -0.15) is 0 Å². The number of rotatable bonds is 4. The molecule has 0 spiro atoms. The molecule has 0 bridgehead atoms. The third kappa shape index (κ3) is 4.30. The molecule has 0 radical (unpaired) electrons. The lowest BCUT2D eigenvalue weighted by atomic mass is 9.96. The van der Waals surface area contributed by atoms with Gasteiger partial charge >= 0.3 is 0 Å². The predicted molar refractivity (Wildman–Crippen MR) is 87.3 cm³/mol. The van der Waals surface area contributed by atoms with Gasteiger partial charge in [-0.25, -0.2) is 8.42 Å². The van der Waals surface area contributed by atoms with Crippen LogP contribution in [-0.4, -0.2) is 44.1 Å². The second-order valence-electron chi connectivity index (χ2n) is 6.19. The highest BCUT2D eigenvalue weighted by Gasteiger charge is 2.29. The van der Waals surface area contributed by atoms with Crippen LogP contribution in [0.4, 0.5) is 0 Å². The molecular formula is C16H24N2O3S. The summed E-state index contributed by atoms with van der Waals surface area (Å²) in [5.74, 6) is -0.0268. The highest BCUT2D eigenvalue weighted by atomic mass is 32.2. The van der Waals surface area contributed by atoms with Crippen LogP contribution in [0.5, 0.6) is 0 Å². The van der Waals surface area contributed by atoms with Gasteiger partial charge in [0.05, 0.1) is 5.75 Å². The van der Waals surface area contributed by atoms with Gasteiger partial charge in [-0.05, 0) is 43.9 Å². The fraction of sp³-hybridized carbons (Fsp3) is 0.562. The normalized spacial score (nSPS) is 20.7. The van der Waals surface area contributed by atoms with E-state index in [1.807, 2.05) is 11.8 Å². The molecule has 1 saturated heterocycles. The van der Waals surface area contributed by atoms with Gasteiger partial charge in [-0.1, -0.05) is 12.1 Å². The average Bonchev–Trinajstić information content (AvgIpc) is 2.45.